The van der Waals surface area contributed by atoms with Gasteiger partial charge in [0.15, 0.2) is 0 Å². The number of aromatic nitrogens is 3. The van der Waals surface area contributed by atoms with Gasteiger partial charge in [0.1, 0.15) is 5.56 Å². The molecule has 0 spiro atoms. The molecule has 2 aromatic heterocycles. The molecule has 0 radical (unpaired) electrons. The Morgan fingerprint density at radius 2 is 1.77 bits per heavy atom. The van der Waals surface area contributed by atoms with Crippen LogP contribution in [0.4, 0.5) is 0 Å². The van der Waals surface area contributed by atoms with Gasteiger partial charge >= 0.3 is 5.69 Å². The monoisotopic (exact) mass is 402 g/mol. The molecule has 7 heteroatoms. The van der Waals surface area contributed by atoms with Crippen LogP contribution in [0.3, 0.4) is 0 Å². The van der Waals surface area contributed by atoms with E-state index in [4.69, 9.17) is 0 Å². The number of para-hydroxylation sites is 1. The van der Waals surface area contributed by atoms with Crippen LogP contribution in [0.5, 0.6) is 5.88 Å². The number of aromatic hydroxyl groups is 1. The molecule has 3 heterocycles. The summed E-state index contributed by atoms with van der Waals surface area (Å²) in [7, 11) is 0. The van der Waals surface area contributed by atoms with E-state index in [1.807, 2.05) is 55.5 Å². The summed E-state index contributed by atoms with van der Waals surface area (Å²) in [5.41, 5.74) is 2.74. The molecule has 0 unspecified atom stereocenters. The smallest absolute Gasteiger partial charge is 0.331 e. The second-order valence-corrected chi connectivity index (χ2v) is 7.65. The third kappa shape index (κ3) is 2.78. The maximum absolute atomic E-state index is 12.8. The number of nitrogens with one attached hydrogen (secondary N) is 3. The lowest BCUT2D eigenvalue weighted by Crippen LogP contribution is -2.39. The van der Waals surface area contributed by atoms with E-state index in [1.165, 1.54) is 4.57 Å². The summed E-state index contributed by atoms with van der Waals surface area (Å²) >= 11 is 0. The zero-order valence-corrected chi connectivity index (χ0v) is 16.5. The normalized spacial score (nSPS) is 17.0. The van der Waals surface area contributed by atoms with Crippen molar-refractivity contribution in [2.24, 2.45) is 0 Å². The van der Waals surface area contributed by atoms with Gasteiger partial charge in [-0.2, -0.15) is 0 Å². The number of rotatable bonds is 3. The molecule has 1 aliphatic heterocycles. The molecule has 0 bridgehead atoms. The molecule has 1 aliphatic rings. The van der Waals surface area contributed by atoms with Gasteiger partial charge < -0.3 is 15.4 Å². The Balaban J connectivity index is 1.70. The molecule has 0 fully saturated rings. The first-order chi connectivity index (χ1) is 14.6. The van der Waals surface area contributed by atoms with Gasteiger partial charge in [0.2, 0.25) is 5.88 Å². The third-order valence-electron chi connectivity index (χ3n) is 5.97. The largest absolute Gasteiger partial charge is 0.494 e. The molecular formula is C23H22N4O3. The van der Waals surface area contributed by atoms with Crippen molar-refractivity contribution in [2.45, 2.75) is 25.4 Å². The molecule has 2 atom stereocenters. The highest BCUT2D eigenvalue weighted by molar-refractivity contribution is 5.85. The molecule has 0 saturated heterocycles. The van der Waals surface area contributed by atoms with Crippen molar-refractivity contribution in [2.75, 3.05) is 6.54 Å². The van der Waals surface area contributed by atoms with Crippen molar-refractivity contribution < 1.29 is 5.11 Å². The quantitative estimate of drug-likeness (QED) is 0.423. The Kier molecular flexibility index (Phi) is 4.33. The number of benzene rings is 2. The summed E-state index contributed by atoms with van der Waals surface area (Å²) in [6.07, 6.45) is 0.814. The Morgan fingerprint density at radius 3 is 2.57 bits per heavy atom. The van der Waals surface area contributed by atoms with Crippen LogP contribution in [-0.2, 0) is 6.42 Å². The van der Waals surface area contributed by atoms with Crippen LogP contribution in [0.2, 0.25) is 0 Å². The molecule has 7 nitrogen and oxygen atoms in total. The van der Waals surface area contributed by atoms with Gasteiger partial charge in [0.05, 0.1) is 12.1 Å². The van der Waals surface area contributed by atoms with Crippen LogP contribution >= 0.6 is 0 Å². The average Bonchev–Trinajstić information content (AvgIpc) is 3.13. The van der Waals surface area contributed by atoms with E-state index in [0.29, 0.717) is 6.54 Å². The van der Waals surface area contributed by atoms with Gasteiger partial charge in [0, 0.05) is 23.1 Å². The van der Waals surface area contributed by atoms with Crippen molar-refractivity contribution in [3.63, 3.8) is 0 Å². The number of hydrogen-bond acceptors (Lipinski definition) is 4. The second kappa shape index (κ2) is 7.03. The predicted molar refractivity (Wildman–Crippen MR) is 115 cm³/mol. The van der Waals surface area contributed by atoms with Crippen LogP contribution in [-0.4, -0.2) is 26.2 Å². The van der Waals surface area contributed by atoms with E-state index in [2.05, 4.69) is 21.4 Å². The van der Waals surface area contributed by atoms with Crippen LogP contribution < -0.4 is 16.6 Å². The summed E-state index contributed by atoms with van der Waals surface area (Å²) in [6.45, 7) is 2.48. The first kappa shape index (κ1) is 18.4. The number of nitrogens with zero attached hydrogens (tertiary/aromatic N) is 1. The number of fused-ring (bicyclic) bond motifs is 3. The van der Waals surface area contributed by atoms with Crippen molar-refractivity contribution >= 4 is 10.9 Å². The first-order valence-corrected chi connectivity index (χ1v) is 10.0. The molecule has 2 aromatic carbocycles. The van der Waals surface area contributed by atoms with Crippen molar-refractivity contribution in [3.8, 4) is 5.88 Å². The maximum Gasteiger partial charge on any atom is 0.331 e. The molecule has 0 aliphatic carbocycles. The summed E-state index contributed by atoms with van der Waals surface area (Å²) in [5.74, 6) is -0.316. The summed E-state index contributed by atoms with van der Waals surface area (Å²) in [6, 6.07) is 16.4. The number of hydrogen-bond donors (Lipinski definition) is 4. The summed E-state index contributed by atoms with van der Waals surface area (Å²) < 4.78 is 1.24. The van der Waals surface area contributed by atoms with Crippen LogP contribution in [0.15, 0.2) is 64.2 Å². The Bertz CT molecular complexity index is 1350. The molecule has 0 amide bonds. The van der Waals surface area contributed by atoms with Gasteiger partial charge in [-0.05, 0) is 30.5 Å². The van der Waals surface area contributed by atoms with Gasteiger partial charge in [-0.15, -0.1) is 0 Å². The zero-order valence-electron chi connectivity index (χ0n) is 16.5. The molecule has 152 valence electrons. The highest BCUT2D eigenvalue weighted by Gasteiger charge is 2.31. The van der Waals surface area contributed by atoms with Gasteiger partial charge in [-0.25, -0.2) is 4.79 Å². The van der Waals surface area contributed by atoms with E-state index in [1.54, 1.807) is 0 Å². The Morgan fingerprint density at radius 1 is 1.03 bits per heavy atom. The molecule has 4 N–H and O–H groups in total. The van der Waals surface area contributed by atoms with E-state index in [9.17, 15) is 14.7 Å². The van der Waals surface area contributed by atoms with Crippen LogP contribution in [0.1, 0.15) is 41.4 Å². The van der Waals surface area contributed by atoms with Crippen molar-refractivity contribution in [1.82, 2.24) is 19.9 Å². The summed E-state index contributed by atoms with van der Waals surface area (Å²) in [4.78, 5) is 31.2. The van der Waals surface area contributed by atoms with Crippen LogP contribution in [0.25, 0.3) is 10.9 Å². The fraction of sp³-hybridized carbons (Fsp3) is 0.217. The minimum Gasteiger partial charge on any atom is -0.494 e. The maximum atomic E-state index is 12.8. The Labute approximate surface area is 172 Å². The highest BCUT2D eigenvalue weighted by Crippen LogP contribution is 2.35. The van der Waals surface area contributed by atoms with E-state index in [0.717, 1.165) is 34.1 Å². The fourth-order valence-electron chi connectivity index (χ4n) is 4.48. The Hall–Kier alpha value is -3.58. The first-order valence-electron chi connectivity index (χ1n) is 10.0. The summed E-state index contributed by atoms with van der Waals surface area (Å²) in [5, 5.41) is 15.6. The number of aromatic amines is 2. The van der Waals surface area contributed by atoms with Crippen molar-refractivity contribution in [1.29, 1.82) is 0 Å². The highest BCUT2D eigenvalue weighted by atomic mass is 16.3. The van der Waals surface area contributed by atoms with Crippen LogP contribution in [0, 0.1) is 0 Å². The minimum atomic E-state index is -0.634. The third-order valence-corrected chi connectivity index (χ3v) is 5.97. The minimum absolute atomic E-state index is 0.143. The fourth-order valence-corrected chi connectivity index (χ4v) is 4.48. The van der Waals surface area contributed by atoms with Gasteiger partial charge in [-0.1, -0.05) is 48.5 Å². The average molecular weight is 402 g/mol. The van der Waals surface area contributed by atoms with E-state index >= 15 is 0 Å². The van der Waals surface area contributed by atoms with Gasteiger partial charge in [0.25, 0.3) is 5.56 Å². The second-order valence-electron chi connectivity index (χ2n) is 7.65. The topological polar surface area (TPSA) is 103 Å². The van der Waals surface area contributed by atoms with E-state index < -0.39 is 23.3 Å². The molecule has 30 heavy (non-hydrogen) atoms. The van der Waals surface area contributed by atoms with E-state index in [-0.39, 0.29) is 11.4 Å². The molecular weight excluding hydrogens is 380 g/mol. The van der Waals surface area contributed by atoms with Gasteiger partial charge in [-0.3, -0.25) is 14.3 Å². The lowest BCUT2D eigenvalue weighted by Gasteiger charge is -2.26. The lowest BCUT2D eigenvalue weighted by molar-refractivity contribution is 0.372. The molecule has 0 saturated carbocycles. The predicted octanol–water partition coefficient (Wildman–Crippen LogP) is 2.57. The number of H-pyrrole nitrogens is 2. The van der Waals surface area contributed by atoms with Crippen molar-refractivity contribution in [3.05, 3.63) is 97.8 Å². The standard InChI is InChI=1S/C23H22N4O3/c1-13(14-7-3-2-4-8-14)27-22(29)18(21(28)26-23(27)30)20-19-16(11-12-24-20)15-9-5-6-10-17(15)25-19/h2-10,13,20,24-25,29H,11-12H2,1H3,(H,26,28,30)/t13-,20+/m0/s1. The molecule has 4 aromatic rings. The molecule has 5 rings (SSSR count). The lowest BCUT2D eigenvalue weighted by atomic mass is 9.95. The SMILES string of the molecule is C[C@@H](c1ccccc1)n1c(O)c([C@H]2NCCc3c2[nH]c2ccccc32)c(=O)[nH]c1=O. The zero-order chi connectivity index (χ0) is 20.8.